The zero-order chi connectivity index (χ0) is 16.2. The number of nitriles is 1. The summed E-state index contributed by atoms with van der Waals surface area (Å²) in [5.41, 5.74) is 3.36. The highest BCUT2D eigenvalue weighted by molar-refractivity contribution is 5.61. The number of pyridine rings is 1. The number of H-pyrrole nitrogens is 1. The van der Waals surface area contributed by atoms with Crippen molar-refractivity contribution in [1.29, 1.82) is 5.26 Å². The van der Waals surface area contributed by atoms with E-state index in [1.807, 2.05) is 0 Å². The van der Waals surface area contributed by atoms with E-state index in [0.717, 1.165) is 44.0 Å². The Hall–Kier alpha value is -1.84. The predicted molar refractivity (Wildman–Crippen MR) is 88.7 cm³/mol. The number of hydrogen-bond acceptors (Lipinski definition) is 4. The quantitative estimate of drug-likeness (QED) is 0.726. The SMILES string of the molecule is COCCNc1[nH+]c(N2CCCC2)c2c(c1C#N)CC[NH+](C)C2. The molecule has 1 saturated heterocycles. The van der Waals surface area contributed by atoms with Gasteiger partial charge in [-0.2, -0.15) is 5.26 Å². The molecule has 3 N–H and O–H groups in total. The van der Waals surface area contributed by atoms with Crippen LogP contribution in [0, 0.1) is 11.3 Å². The molecule has 2 aliphatic heterocycles. The number of rotatable bonds is 5. The van der Waals surface area contributed by atoms with Crippen LogP contribution in [0.15, 0.2) is 0 Å². The minimum Gasteiger partial charge on any atom is -0.381 e. The van der Waals surface area contributed by atoms with Crippen molar-refractivity contribution < 1.29 is 14.6 Å². The monoisotopic (exact) mass is 317 g/mol. The van der Waals surface area contributed by atoms with Crippen molar-refractivity contribution >= 4 is 11.6 Å². The second-order valence-corrected chi connectivity index (χ2v) is 6.54. The van der Waals surface area contributed by atoms with Crippen molar-refractivity contribution in [3.05, 3.63) is 16.7 Å². The third-order valence-electron chi connectivity index (χ3n) is 4.87. The van der Waals surface area contributed by atoms with Gasteiger partial charge in [0.1, 0.15) is 18.2 Å². The van der Waals surface area contributed by atoms with Gasteiger partial charge in [0, 0.05) is 13.5 Å². The van der Waals surface area contributed by atoms with E-state index in [1.54, 1.807) is 7.11 Å². The van der Waals surface area contributed by atoms with Crippen molar-refractivity contribution in [2.75, 3.05) is 57.2 Å². The van der Waals surface area contributed by atoms with Crippen LogP contribution in [0.25, 0.3) is 0 Å². The van der Waals surface area contributed by atoms with Gasteiger partial charge in [-0.1, -0.05) is 0 Å². The molecule has 0 saturated carbocycles. The Labute approximate surface area is 138 Å². The summed E-state index contributed by atoms with van der Waals surface area (Å²) in [6.07, 6.45) is 3.47. The lowest BCUT2D eigenvalue weighted by atomic mass is 9.95. The van der Waals surface area contributed by atoms with Crippen LogP contribution in [0.5, 0.6) is 0 Å². The number of hydrogen-bond donors (Lipinski definition) is 2. The standard InChI is InChI=1S/C17H25N5O/c1-21-9-5-13-14(11-18)16(19-6-10-23-2)20-17(15(13)12-21)22-7-3-4-8-22/h3-10,12H2,1-2H3,(H,19,20)/p+2. The van der Waals surface area contributed by atoms with Crippen LogP contribution in [0.3, 0.4) is 0 Å². The Morgan fingerprint density at radius 3 is 2.83 bits per heavy atom. The van der Waals surface area contributed by atoms with Gasteiger partial charge < -0.3 is 15.0 Å². The smallest absolute Gasteiger partial charge is 0.237 e. The summed E-state index contributed by atoms with van der Waals surface area (Å²) in [5, 5.41) is 13.0. The lowest BCUT2D eigenvalue weighted by Gasteiger charge is -2.26. The molecule has 1 fully saturated rings. The summed E-state index contributed by atoms with van der Waals surface area (Å²) < 4.78 is 5.12. The third kappa shape index (κ3) is 3.26. The minimum atomic E-state index is 0.627. The zero-order valence-electron chi connectivity index (χ0n) is 14.2. The molecule has 6 nitrogen and oxygen atoms in total. The number of likely N-dealkylation sites (N-methyl/N-ethyl adjacent to an activating group) is 1. The summed E-state index contributed by atoms with van der Waals surface area (Å²) in [5.74, 6) is 2.07. The maximum Gasteiger partial charge on any atom is 0.237 e. The van der Waals surface area contributed by atoms with Crippen LogP contribution >= 0.6 is 0 Å². The van der Waals surface area contributed by atoms with Crippen molar-refractivity contribution in [1.82, 2.24) is 0 Å². The lowest BCUT2D eigenvalue weighted by Crippen LogP contribution is -3.08. The van der Waals surface area contributed by atoms with Crippen LogP contribution in [0.2, 0.25) is 0 Å². The maximum absolute atomic E-state index is 9.69. The molecule has 1 aromatic rings. The van der Waals surface area contributed by atoms with Crippen LogP contribution in [-0.4, -0.2) is 46.9 Å². The highest BCUT2D eigenvalue weighted by atomic mass is 16.5. The maximum atomic E-state index is 9.69. The Balaban J connectivity index is 2.03. The second kappa shape index (κ2) is 7.16. The second-order valence-electron chi connectivity index (χ2n) is 6.54. The molecule has 23 heavy (non-hydrogen) atoms. The fraction of sp³-hybridized carbons (Fsp3) is 0.647. The number of aromatic nitrogens is 1. The van der Waals surface area contributed by atoms with Gasteiger partial charge >= 0.3 is 0 Å². The van der Waals surface area contributed by atoms with Gasteiger partial charge in [0.2, 0.25) is 11.6 Å². The Morgan fingerprint density at radius 1 is 1.35 bits per heavy atom. The van der Waals surface area contributed by atoms with E-state index < -0.39 is 0 Å². The van der Waals surface area contributed by atoms with Gasteiger partial charge in [-0.15, -0.1) is 0 Å². The molecule has 1 atom stereocenters. The molecule has 0 spiro atoms. The van der Waals surface area contributed by atoms with Crippen molar-refractivity contribution in [2.24, 2.45) is 0 Å². The molecule has 3 heterocycles. The van der Waals surface area contributed by atoms with E-state index in [2.05, 4.69) is 28.3 Å². The molecule has 0 aliphatic carbocycles. The first-order chi connectivity index (χ1) is 11.2. The van der Waals surface area contributed by atoms with Crippen molar-refractivity contribution in [3.63, 3.8) is 0 Å². The van der Waals surface area contributed by atoms with Gasteiger partial charge in [0.25, 0.3) is 0 Å². The fourth-order valence-electron chi connectivity index (χ4n) is 3.64. The van der Waals surface area contributed by atoms with E-state index in [0.29, 0.717) is 13.2 Å². The van der Waals surface area contributed by atoms with Gasteiger partial charge in [0.05, 0.1) is 45.4 Å². The van der Waals surface area contributed by atoms with Gasteiger partial charge in [-0.25, -0.2) is 4.98 Å². The van der Waals surface area contributed by atoms with Gasteiger partial charge in [-0.05, 0) is 18.4 Å². The first-order valence-corrected chi connectivity index (χ1v) is 8.54. The van der Waals surface area contributed by atoms with Crippen LogP contribution in [0.1, 0.15) is 29.5 Å². The molecule has 2 aliphatic rings. The molecular weight excluding hydrogens is 290 g/mol. The molecule has 3 rings (SSSR count). The molecule has 1 unspecified atom stereocenters. The zero-order valence-corrected chi connectivity index (χ0v) is 14.2. The number of fused-ring (bicyclic) bond motifs is 1. The molecule has 0 radical (unpaired) electrons. The summed E-state index contributed by atoms with van der Waals surface area (Å²) in [7, 11) is 3.92. The first-order valence-electron chi connectivity index (χ1n) is 8.54. The Morgan fingerprint density at radius 2 is 2.13 bits per heavy atom. The van der Waals surface area contributed by atoms with Crippen LogP contribution < -0.4 is 20.1 Å². The normalized spacial score (nSPS) is 20.2. The fourth-order valence-corrected chi connectivity index (χ4v) is 3.64. The molecule has 124 valence electrons. The van der Waals surface area contributed by atoms with Crippen LogP contribution in [-0.2, 0) is 17.7 Å². The number of anilines is 2. The largest absolute Gasteiger partial charge is 0.381 e. The number of methoxy groups -OCH3 is 1. The Kier molecular flexibility index (Phi) is 4.99. The van der Waals surface area contributed by atoms with E-state index >= 15 is 0 Å². The summed E-state index contributed by atoms with van der Waals surface area (Å²) in [6.45, 7) is 5.61. The summed E-state index contributed by atoms with van der Waals surface area (Å²) in [6, 6.07) is 2.42. The molecule has 0 amide bonds. The number of nitrogens with zero attached hydrogens (tertiary/aromatic N) is 2. The summed E-state index contributed by atoms with van der Waals surface area (Å²) in [4.78, 5) is 7.49. The van der Waals surface area contributed by atoms with Crippen molar-refractivity contribution in [3.8, 4) is 6.07 Å². The van der Waals surface area contributed by atoms with Crippen LogP contribution in [0.4, 0.5) is 11.6 Å². The van der Waals surface area contributed by atoms with E-state index in [1.165, 1.54) is 34.7 Å². The highest BCUT2D eigenvalue weighted by Crippen LogP contribution is 2.29. The number of nitrogens with one attached hydrogen (secondary N) is 3. The van der Waals surface area contributed by atoms with E-state index in [9.17, 15) is 5.26 Å². The van der Waals surface area contributed by atoms with Gasteiger partial charge in [0.15, 0.2) is 0 Å². The molecule has 0 aromatic carbocycles. The first kappa shape index (κ1) is 16.0. The Bertz CT molecular complexity index is 604. The minimum absolute atomic E-state index is 0.627. The summed E-state index contributed by atoms with van der Waals surface area (Å²) >= 11 is 0. The van der Waals surface area contributed by atoms with Crippen molar-refractivity contribution in [2.45, 2.75) is 25.8 Å². The number of ether oxygens (including phenoxy) is 1. The topological polar surface area (TPSA) is 66.9 Å². The molecular formula is C17H27N5O+2. The van der Waals surface area contributed by atoms with E-state index in [-0.39, 0.29) is 0 Å². The van der Waals surface area contributed by atoms with E-state index in [4.69, 9.17) is 4.74 Å². The predicted octanol–water partition coefficient (Wildman–Crippen LogP) is -0.398. The van der Waals surface area contributed by atoms with Gasteiger partial charge in [-0.3, -0.25) is 4.90 Å². The molecule has 0 bridgehead atoms. The molecule has 6 heteroatoms. The third-order valence-corrected chi connectivity index (χ3v) is 4.87. The average molecular weight is 317 g/mol. The highest BCUT2D eigenvalue weighted by Gasteiger charge is 2.32. The number of aromatic amines is 1. The number of quaternary nitrogens is 1. The molecule has 1 aromatic heterocycles. The lowest BCUT2D eigenvalue weighted by molar-refractivity contribution is -0.895. The average Bonchev–Trinajstić information content (AvgIpc) is 3.08.